The average Bonchev–Trinajstić information content (AvgIpc) is 2.96. The maximum Gasteiger partial charge on any atom is 0.339 e. The third kappa shape index (κ3) is 5.22. The van der Waals surface area contributed by atoms with Crippen molar-refractivity contribution < 1.29 is 28.8 Å². The van der Waals surface area contributed by atoms with Gasteiger partial charge in [0.2, 0.25) is 0 Å². The van der Waals surface area contributed by atoms with Crippen molar-refractivity contribution in [3.05, 3.63) is 56.9 Å². The van der Waals surface area contributed by atoms with Crippen LogP contribution in [0.15, 0.2) is 24.3 Å². The summed E-state index contributed by atoms with van der Waals surface area (Å²) in [6.45, 7) is 6.15. The minimum atomic E-state index is -0.668. The number of amides is 1. The number of ether oxygens (including phenoxy) is 2. The zero-order chi connectivity index (χ0) is 22.4. The Morgan fingerprint density at radius 3 is 2.50 bits per heavy atom. The molecule has 0 unspecified atom stereocenters. The van der Waals surface area contributed by atoms with E-state index in [2.05, 4.69) is 5.32 Å². The van der Waals surface area contributed by atoms with Crippen LogP contribution in [0.2, 0.25) is 0 Å². The molecule has 0 atom stereocenters. The molecule has 2 aromatic rings. The highest BCUT2D eigenvalue weighted by Crippen LogP contribution is 2.25. The SMILES string of the molecule is CCOC(=O)c1cc(C)n(CC(=O)OCC(=O)Nc2cccc([N+](=O)[O-])c2C)c1C. The average molecular weight is 417 g/mol. The Labute approximate surface area is 172 Å². The molecule has 0 saturated carbocycles. The highest BCUT2D eigenvalue weighted by atomic mass is 16.6. The summed E-state index contributed by atoms with van der Waals surface area (Å²) in [4.78, 5) is 46.6. The van der Waals surface area contributed by atoms with E-state index in [9.17, 15) is 24.5 Å². The minimum Gasteiger partial charge on any atom is -0.462 e. The fourth-order valence-electron chi connectivity index (χ4n) is 2.92. The second kappa shape index (κ2) is 9.68. The second-order valence-electron chi connectivity index (χ2n) is 6.51. The number of carbonyl (C=O) groups is 3. The van der Waals surface area contributed by atoms with Crippen molar-refractivity contribution >= 4 is 29.2 Å². The van der Waals surface area contributed by atoms with Gasteiger partial charge in [-0.25, -0.2) is 4.79 Å². The maximum atomic E-state index is 12.2. The molecule has 10 nitrogen and oxygen atoms in total. The van der Waals surface area contributed by atoms with E-state index in [-0.39, 0.29) is 24.5 Å². The molecule has 0 bridgehead atoms. The largest absolute Gasteiger partial charge is 0.462 e. The normalized spacial score (nSPS) is 10.4. The van der Waals surface area contributed by atoms with Gasteiger partial charge in [-0.05, 0) is 39.8 Å². The van der Waals surface area contributed by atoms with E-state index in [1.807, 2.05) is 0 Å². The summed E-state index contributed by atoms with van der Waals surface area (Å²) in [5.41, 5.74) is 2.03. The lowest BCUT2D eigenvalue weighted by Gasteiger charge is -2.11. The zero-order valence-corrected chi connectivity index (χ0v) is 17.2. The van der Waals surface area contributed by atoms with Gasteiger partial charge in [0.05, 0.1) is 28.3 Å². The number of anilines is 1. The standard InChI is InChI=1S/C20H23N3O7/c1-5-29-20(26)15-9-12(2)22(14(15)4)10-19(25)30-11-18(24)21-16-7-6-8-17(13(16)3)23(27)28/h6-9H,5,10-11H2,1-4H3,(H,21,24). The molecule has 0 aliphatic carbocycles. The van der Waals surface area contributed by atoms with E-state index in [0.717, 1.165) is 0 Å². The summed E-state index contributed by atoms with van der Waals surface area (Å²) < 4.78 is 11.6. The molecule has 10 heteroatoms. The van der Waals surface area contributed by atoms with Crippen LogP contribution >= 0.6 is 0 Å². The first-order valence-corrected chi connectivity index (χ1v) is 9.19. The molecular weight excluding hydrogens is 394 g/mol. The molecular formula is C20H23N3O7. The van der Waals surface area contributed by atoms with Crippen molar-refractivity contribution in [1.29, 1.82) is 0 Å². The summed E-state index contributed by atoms with van der Waals surface area (Å²) in [5, 5.41) is 13.5. The summed E-state index contributed by atoms with van der Waals surface area (Å²) in [5.74, 6) is -1.77. The second-order valence-corrected chi connectivity index (χ2v) is 6.51. The zero-order valence-electron chi connectivity index (χ0n) is 17.2. The number of aromatic nitrogens is 1. The number of nitro groups is 1. The van der Waals surface area contributed by atoms with E-state index in [0.29, 0.717) is 22.5 Å². The van der Waals surface area contributed by atoms with Crippen molar-refractivity contribution in [2.24, 2.45) is 0 Å². The third-order valence-electron chi connectivity index (χ3n) is 4.50. The molecule has 1 amide bonds. The van der Waals surface area contributed by atoms with Gasteiger partial charge in [-0.2, -0.15) is 0 Å². The van der Waals surface area contributed by atoms with Gasteiger partial charge < -0.3 is 19.4 Å². The van der Waals surface area contributed by atoms with Crippen LogP contribution < -0.4 is 5.32 Å². The first-order valence-electron chi connectivity index (χ1n) is 9.19. The van der Waals surface area contributed by atoms with Crippen molar-refractivity contribution in [1.82, 2.24) is 4.57 Å². The van der Waals surface area contributed by atoms with Crippen LogP contribution in [0.4, 0.5) is 11.4 Å². The maximum absolute atomic E-state index is 12.2. The molecule has 1 aromatic carbocycles. The lowest BCUT2D eigenvalue weighted by Crippen LogP contribution is -2.24. The Morgan fingerprint density at radius 2 is 1.87 bits per heavy atom. The van der Waals surface area contributed by atoms with Gasteiger partial charge in [-0.15, -0.1) is 0 Å². The fraction of sp³-hybridized carbons (Fsp3) is 0.350. The summed E-state index contributed by atoms with van der Waals surface area (Å²) in [7, 11) is 0. The van der Waals surface area contributed by atoms with Crippen molar-refractivity contribution in [3.63, 3.8) is 0 Å². The number of benzene rings is 1. The number of aryl methyl sites for hydroxylation is 1. The van der Waals surface area contributed by atoms with Gasteiger partial charge in [0.25, 0.3) is 11.6 Å². The molecule has 30 heavy (non-hydrogen) atoms. The van der Waals surface area contributed by atoms with Gasteiger partial charge in [0.1, 0.15) is 6.54 Å². The quantitative estimate of drug-likeness (QED) is 0.397. The van der Waals surface area contributed by atoms with Crippen LogP contribution in [-0.4, -0.2) is 40.5 Å². The third-order valence-corrected chi connectivity index (χ3v) is 4.50. The molecule has 1 aromatic heterocycles. The number of carbonyl (C=O) groups excluding carboxylic acids is 3. The van der Waals surface area contributed by atoms with Gasteiger partial charge in [0, 0.05) is 17.5 Å². The Bertz CT molecular complexity index is 995. The molecule has 0 aliphatic heterocycles. The highest BCUT2D eigenvalue weighted by molar-refractivity contribution is 5.94. The van der Waals surface area contributed by atoms with Crippen molar-refractivity contribution in [2.75, 3.05) is 18.5 Å². The number of hydrogen-bond acceptors (Lipinski definition) is 7. The Morgan fingerprint density at radius 1 is 1.17 bits per heavy atom. The number of nitrogens with zero attached hydrogens (tertiary/aromatic N) is 2. The molecule has 1 N–H and O–H groups in total. The minimum absolute atomic E-state index is 0.124. The number of nitrogens with one attached hydrogen (secondary N) is 1. The Hall–Kier alpha value is -3.69. The molecule has 160 valence electrons. The van der Waals surface area contributed by atoms with Crippen LogP contribution in [0.25, 0.3) is 0 Å². The molecule has 0 radical (unpaired) electrons. The topological polar surface area (TPSA) is 130 Å². The lowest BCUT2D eigenvalue weighted by atomic mass is 10.1. The van der Waals surface area contributed by atoms with Crippen LogP contribution in [0, 0.1) is 30.9 Å². The Kier molecular flexibility index (Phi) is 7.29. The lowest BCUT2D eigenvalue weighted by molar-refractivity contribution is -0.385. The number of hydrogen-bond donors (Lipinski definition) is 1. The van der Waals surface area contributed by atoms with Gasteiger partial charge in [0.15, 0.2) is 6.61 Å². The number of rotatable bonds is 8. The molecule has 0 fully saturated rings. The number of esters is 2. The van der Waals surface area contributed by atoms with Crippen LogP contribution in [0.3, 0.4) is 0 Å². The Balaban J connectivity index is 1.97. The van der Waals surface area contributed by atoms with Crippen LogP contribution in [-0.2, 0) is 25.6 Å². The van der Waals surface area contributed by atoms with Gasteiger partial charge in [-0.1, -0.05) is 6.07 Å². The van der Waals surface area contributed by atoms with E-state index in [1.54, 1.807) is 31.4 Å². The molecule has 1 heterocycles. The van der Waals surface area contributed by atoms with Gasteiger partial charge in [-0.3, -0.25) is 19.7 Å². The smallest absolute Gasteiger partial charge is 0.339 e. The summed E-state index contributed by atoms with van der Waals surface area (Å²) in [6, 6.07) is 5.92. The van der Waals surface area contributed by atoms with Crippen molar-refractivity contribution in [3.8, 4) is 0 Å². The predicted octanol–water partition coefficient (Wildman–Crippen LogP) is 2.68. The molecule has 2 rings (SSSR count). The van der Waals surface area contributed by atoms with Gasteiger partial charge >= 0.3 is 11.9 Å². The highest BCUT2D eigenvalue weighted by Gasteiger charge is 2.19. The summed E-state index contributed by atoms with van der Waals surface area (Å²) >= 11 is 0. The predicted molar refractivity (Wildman–Crippen MR) is 107 cm³/mol. The molecule has 0 spiro atoms. The molecule has 0 aliphatic rings. The van der Waals surface area contributed by atoms with Crippen molar-refractivity contribution in [2.45, 2.75) is 34.2 Å². The van der Waals surface area contributed by atoms with E-state index >= 15 is 0 Å². The first kappa shape index (κ1) is 22.6. The fourth-order valence-corrected chi connectivity index (χ4v) is 2.92. The van der Waals surface area contributed by atoms with E-state index in [4.69, 9.17) is 9.47 Å². The number of nitro benzene ring substituents is 1. The first-order chi connectivity index (χ1) is 14.1. The van der Waals surface area contributed by atoms with E-state index < -0.39 is 29.4 Å². The van der Waals surface area contributed by atoms with Crippen LogP contribution in [0.1, 0.15) is 34.2 Å². The van der Waals surface area contributed by atoms with Crippen LogP contribution in [0.5, 0.6) is 0 Å². The monoisotopic (exact) mass is 417 g/mol. The van der Waals surface area contributed by atoms with E-state index in [1.165, 1.54) is 25.1 Å². The summed E-state index contributed by atoms with van der Waals surface area (Å²) in [6.07, 6.45) is 0. The molecule has 0 saturated heterocycles.